The molecule has 0 amide bonds. The summed E-state index contributed by atoms with van der Waals surface area (Å²) < 4.78 is 1.08. The third kappa shape index (κ3) is 23.1. The first-order valence-electron chi connectivity index (χ1n) is 10.3. The highest BCUT2D eigenvalue weighted by molar-refractivity contribution is 9.09. The van der Waals surface area contributed by atoms with E-state index < -0.39 is 0 Å². The van der Waals surface area contributed by atoms with Crippen molar-refractivity contribution in [1.82, 2.24) is 0 Å². The SMILES string of the molecule is S=C(/C=C/CCCCCCCCBr)SCCCCCCCCCCBr. The van der Waals surface area contributed by atoms with Gasteiger partial charge in [0.05, 0.1) is 4.20 Å². The van der Waals surface area contributed by atoms with Crippen LogP contribution >= 0.6 is 55.8 Å². The quantitative estimate of drug-likeness (QED) is 0.0729. The maximum Gasteiger partial charge on any atom is 0.0702 e. The zero-order chi connectivity index (χ0) is 18.4. The van der Waals surface area contributed by atoms with Crippen molar-refractivity contribution < 1.29 is 0 Å². The normalized spacial score (nSPS) is 11.4. The first kappa shape index (κ1) is 26.1. The van der Waals surface area contributed by atoms with Gasteiger partial charge in [0, 0.05) is 10.7 Å². The van der Waals surface area contributed by atoms with Gasteiger partial charge in [-0.05, 0) is 43.9 Å². The monoisotopic (exact) mass is 512 g/mol. The number of rotatable bonds is 19. The highest BCUT2D eigenvalue weighted by Crippen LogP contribution is 2.14. The van der Waals surface area contributed by atoms with Crippen molar-refractivity contribution in [3.8, 4) is 0 Å². The van der Waals surface area contributed by atoms with E-state index in [0.717, 1.165) is 14.9 Å². The topological polar surface area (TPSA) is 0 Å². The molecule has 0 nitrogen and oxygen atoms in total. The van der Waals surface area contributed by atoms with Gasteiger partial charge in [-0.25, -0.2) is 0 Å². The number of hydrogen-bond donors (Lipinski definition) is 0. The molecule has 0 saturated carbocycles. The summed E-state index contributed by atoms with van der Waals surface area (Å²) in [4.78, 5) is 0. The highest BCUT2D eigenvalue weighted by atomic mass is 79.9. The fourth-order valence-corrected chi connectivity index (χ4v) is 4.60. The molecule has 0 bridgehead atoms. The van der Waals surface area contributed by atoms with Gasteiger partial charge in [0.1, 0.15) is 0 Å². The van der Waals surface area contributed by atoms with Gasteiger partial charge in [-0.1, -0.05) is 114 Å². The Morgan fingerprint density at radius 3 is 1.60 bits per heavy atom. The van der Waals surface area contributed by atoms with Crippen molar-refractivity contribution in [2.45, 2.75) is 96.3 Å². The molecule has 0 unspecified atom stereocenters. The Bertz CT molecular complexity index is 306. The lowest BCUT2D eigenvalue weighted by atomic mass is 10.1. The Kier molecular flexibility index (Phi) is 24.2. The molecule has 4 heteroatoms. The van der Waals surface area contributed by atoms with Gasteiger partial charge in [-0.3, -0.25) is 0 Å². The second-order valence-electron chi connectivity index (χ2n) is 6.69. The number of alkyl halides is 2. The average molecular weight is 514 g/mol. The van der Waals surface area contributed by atoms with Crippen LogP contribution in [0.2, 0.25) is 0 Å². The number of thioether (sulfide) groups is 1. The maximum absolute atomic E-state index is 5.43. The van der Waals surface area contributed by atoms with Crippen molar-refractivity contribution >= 4 is 60.0 Å². The molecular weight excluding hydrogens is 476 g/mol. The Labute approximate surface area is 184 Å². The minimum Gasteiger partial charge on any atom is -0.115 e. The molecule has 0 saturated heterocycles. The summed E-state index contributed by atoms with van der Waals surface area (Å²) in [6.45, 7) is 0. The summed E-state index contributed by atoms with van der Waals surface area (Å²) in [5.74, 6) is 1.19. The summed E-state index contributed by atoms with van der Waals surface area (Å²) in [5.41, 5.74) is 0. The lowest BCUT2D eigenvalue weighted by molar-refractivity contribution is 0.588. The van der Waals surface area contributed by atoms with Crippen molar-refractivity contribution in [2.75, 3.05) is 16.4 Å². The van der Waals surface area contributed by atoms with Crippen LogP contribution in [0.15, 0.2) is 12.2 Å². The smallest absolute Gasteiger partial charge is 0.0702 e. The fraction of sp³-hybridized carbons (Fsp3) is 0.857. The Hall–Kier alpha value is 1.14. The van der Waals surface area contributed by atoms with Crippen LogP contribution in [0.5, 0.6) is 0 Å². The minimum atomic E-state index is 1.08. The molecule has 0 atom stereocenters. The highest BCUT2D eigenvalue weighted by Gasteiger charge is 1.95. The van der Waals surface area contributed by atoms with Crippen LogP contribution in [-0.4, -0.2) is 20.6 Å². The van der Waals surface area contributed by atoms with Crippen molar-refractivity contribution in [2.24, 2.45) is 0 Å². The molecule has 0 fully saturated rings. The first-order chi connectivity index (χ1) is 12.3. The molecule has 0 aliphatic rings. The summed E-state index contributed by atoms with van der Waals surface area (Å²) in [6.07, 6.45) is 24.8. The second kappa shape index (κ2) is 23.2. The third-order valence-corrected chi connectivity index (χ3v) is 6.81. The molecular formula is C21H38Br2S2. The lowest BCUT2D eigenvalue weighted by Gasteiger charge is -2.02. The Morgan fingerprint density at radius 2 is 1.08 bits per heavy atom. The van der Waals surface area contributed by atoms with Crippen molar-refractivity contribution in [3.63, 3.8) is 0 Å². The standard InChI is InChI=1S/C21H38Br2S2/c22-18-14-10-6-2-1-5-9-13-17-21(24)25-20-16-12-8-4-3-7-11-15-19-23/h13,17H,1-12,14-16,18-20H2/b17-13+. The van der Waals surface area contributed by atoms with Crippen LogP contribution in [0.25, 0.3) is 0 Å². The van der Waals surface area contributed by atoms with Gasteiger partial charge in [-0.2, -0.15) is 0 Å². The summed E-state index contributed by atoms with van der Waals surface area (Å²) >= 11 is 14.3. The molecule has 0 aromatic carbocycles. The average Bonchev–Trinajstić information content (AvgIpc) is 2.62. The van der Waals surface area contributed by atoms with Gasteiger partial charge < -0.3 is 0 Å². The van der Waals surface area contributed by atoms with Gasteiger partial charge in [0.25, 0.3) is 0 Å². The molecule has 0 aliphatic carbocycles. The van der Waals surface area contributed by atoms with E-state index in [1.54, 1.807) is 0 Å². The van der Waals surface area contributed by atoms with Gasteiger partial charge >= 0.3 is 0 Å². The summed E-state index contributed by atoms with van der Waals surface area (Å²) in [7, 11) is 0. The third-order valence-electron chi connectivity index (χ3n) is 4.28. The van der Waals surface area contributed by atoms with Crippen molar-refractivity contribution in [3.05, 3.63) is 12.2 Å². The van der Waals surface area contributed by atoms with Crippen LogP contribution < -0.4 is 0 Å². The zero-order valence-electron chi connectivity index (χ0n) is 16.0. The molecule has 0 N–H and O–H groups in total. The number of allylic oxidation sites excluding steroid dienone is 1. The number of halogens is 2. The molecule has 0 aromatic rings. The largest absolute Gasteiger partial charge is 0.115 e. The van der Waals surface area contributed by atoms with Crippen LogP contribution in [0.1, 0.15) is 96.3 Å². The van der Waals surface area contributed by atoms with E-state index in [2.05, 4.69) is 44.0 Å². The van der Waals surface area contributed by atoms with E-state index in [1.165, 1.54) is 102 Å². The number of hydrogen-bond acceptors (Lipinski definition) is 2. The van der Waals surface area contributed by atoms with Gasteiger partial charge in [0.2, 0.25) is 0 Å². The predicted molar refractivity (Wildman–Crippen MR) is 131 cm³/mol. The lowest BCUT2D eigenvalue weighted by Crippen LogP contribution is -1.87. The molecule has 25 heavy (non-hydrogen) atoms. The molecule has 148 valence electrons. The number of unbranched alkanes of at least 4 members (excludes halogenated alkanes) is 13. The first-order valence-corrected chi connectivity index (χ1v) is 13.9. The Morgan fingerprint density at radius 1 is 0.640 bits per heavy atom. The van der Waals surface area contributed by atoms with Crippen LogP contribution in [0.4, 0.5) is 0 Å². The van der Waals surface area contributed by atoms with Crippen LogP contribution in [-0.2, 0) is 0 Å². The minimum absolute atomic E-state index is 1.08. The number of thiocarbonyl (C=S) groups is 1. The van der Waals surface area contributed by atoms with E-state index in [4.69, 9.17) is 12.2 Å². The van der Waals surface area contributed by atoms with E-state index >= 15 is 0 Å². The van der Waals surface area contributed by atoms with E-state index in [9.17, 15) is 0 Å². The van der Waals surface area contributed by atoms with Gasteiger partial charge in [-0.15, -0.1) is 11.8 Å². The molecule has 0 radical (unpaired) electrons. The zero-order valence-corrected chi connectivity index (χ0v) is 20.8. The molecule has 0 spiro atoms. The maximum atomic E-state index is 5.43. The Balaban J connectivity index is 3.24. The molecule has 0 aliphatic heterocycles. The predicted octanol–water partition coefficient (Wildman–Crippen LogP) is 9.24. The molecule has 0 aromatic heterocycles. The summed E-state index contributed by atoms with van der Waals surface area (Å²) in [5, 5.41) is 2.32. The van der Waals surface area contributed by atoms with Crippen molar-refractivity contribution in [1.29, 1.82) is 0 Å². The van der Waals surface area contributed by atoms with E-state index in [0.29, 0.717) is 0 Å². The molecule has 0 rings (SSSR count). The van der Waals surface area contributed by atoms with E-state index in [-0.39, 0.29) is 0 Å². The van der Waals surface area contributed by atoms with Crippen LogP contribution in [0.3, 0.4) is 0 Å². The summed E-state index contributed by atoms with van der Waals surface area (Å²) in [6, 6.07) is 0. The second-order valence-corrected chi connectivity index (χ2v) is 10.1. The fourth-order valence-electron chi connectivity index (χ4n) is 2.72. The molecule has 0 heterocycles. The van der Waals surface area contributed by atoms with E-state index in [1.807, 2.05) is 11.8 Å². The van der Waals surface area contributed by atoms with Gasteiger partial charge in [0.15, 0.2) is 0 Å². The van der Waals surface area contributed by atoms with Crippen LogP contribution in [0, 0.1) is 0 Å².